The Morgan fingerprint density at radius 3 is 2.43 bits per heavy atom. The van der Waals surface area contributed by atoms with Crippen LogP contribution in [0.15, 0.2) is 6.07 Å². The molecule has 0 aliphatic carbocycles. The average molecular weight is 195 g/mol. The quantitative estimate of drug-likeness (QED) is 0.799. The van der Waals surface area contributed by atoms with Crippen molar-refractivity contribution in [3.05, 3.63) is 17.5 Å². The summed E-state index contributed by atoms with van der Waals surface area (Å²) in [4.78, 5) is 0. The fourth-order valence-corrected chi connectivity index (χ4v) is 1.52. The second-order valence-corrected chi connectivity index (χ2v) is 3.96. The van der Waals surface area contributed by atoms with Crippen LogP contribution < -0.4 is 5.32 Å². The number of aromatic nitrogens is 2. The maximum atomic E-state index is 4.61. The SMILES string of the molecule is CCc1cc(C(C)NC)nn1C(C)C. The van der Waals surface area contributed by atoms with Crippen LogP contribution in [0.5, 0.6) is 0 Å². The standard InChI is InChI=1S/C11H21N3/c1-6-10-7-11(9(4)12-5)13-14(10)8(2)3/h7-9,12H,6H2,1-5H3. The van der Waals surface area contributed by atoms with Gasteiger partial charge in [-0.05, 0) is 40.3 Å². The van der Waals surface area contributed by atoms with E-state index in [1.54, 1.807) is 0 Å². The third-order valence-corrected chi connectivity index (χ3v) is 2.56. The van der Waals surface area contributed by atoms with Crippen molar-refractivity contribution in [3.8, 4) is 0 Å². The van der Waals surface area contributed by atoms with Gasteiger partial charge in [0.1, 0.15) is 0 Å². The molecule has 0 saturated carbocycles. The zero-order valence-electron chi connectivity index (χ0n) is 9.83. The van der Waals surface area contributed by atoms with Crippen LogP contribution >= 0.6 is 0 Å². The minimum absolute atomic E-state index is 0.334. The van der Waals surface area contributed by atoms with Crippen molar-refractivity contribution in [1.29, 1.82) is 0 Å². The molecule has 1 atom stereocenters. The molecular weight excluding hydrogens is 174 g/mol. The van der Waals surface area contributed by atoms with Gasteiger partial charge in [0.2, 0.25) is 0 Å². The first-order valence-electron chi connectivity index (χ1n) is 5.35. The highest BCUT2D eigenvalue weighted by Crippen LogP contribution is 2.16. The molecule has 1 aromatic heterocycles. The van der Waals surface area contributed by atoms with E-state index >= 15 is 0 Å². The third-order valence-electron chi connectivity index (χ3n) is 2.56. The van der Waals surface area contributed by atoms with Crippen molar-refractivity contribution in [2.45, 2.75) is 46.2 Å². The summed E-state index contributed by atoms with van der Waals surface area (Å²) in [7, 11) is 1.96. The van der Waals surface area contributed by atoms with Crippen LogP contribution in [-0.2, 0) is 6.42 Å². The lowest BCUT2D eigenvalue weighted by atomic mass is 10.2. The normalized spacial score (nSPS) is 13.6. The van der Waals surface area contributed by atoms with Crippen LogP contribution in [0.4, 0.5) is 0 Å². The Kier molecular flexibility index (Phi) is 3.69. The number of hydrogen-bond donors (Lipinski definition) is 1. The number of nitrogens with zero attached hydrogens (tertiary/aromatic N) is 2. The minimum atomic E-state index is 0.334. The van der Waals surface area contributed by atoms with E-state index in [4.69, 9.17) is 0 Å². The summed E-state index contributed by atoms with van der Waals surface area (Å²) in [6.07, 6.45) is 1.04. The van der Waals surface area contributed by atoms with Crippen molar-refractivity contribution >= 4 is 0 Å². The predicted octanol–water partition coefficient (Wildman–Crippen LogP) is 2.31. The highest BCUT2D eigenvalue weighted by atomic mass is 15.3. The van der Waals surface area contributed by atoms with Gasteiger partial charge in [0, 0.05) is 17.8 Å². The van der Waals surface area contributed by atoms with Gasteiger partial charge in [0.05, 0.1) is 5.69 Å². The van der Waals surface area contributed by atoms with Crippen molar-refractivity contribution < 1.29 is 0 Å². The van der Waals surface area contributed by atoms with E-state index in [-0.39, 0.29) is 0 Å². The monoisotopic (exact) mass is 195 g/mol. The zero-order valence-corrected chi connectivity index (χ0v) is 9.83. The highest BCUT2D eigenvalue weighted by molar-refractivity contribution is 5.14. The summed E-state index contributed by atoms with van der Waals surface area (Å²) in [6.45, 7) is 8.64. The van der Waals surface area contributed by atoms with Crippen LogP contribution in [0.2, 0.25) is 0 Å². The maximum absolute atomic E-state index is 4.61. The van der Waals surface area contributed by atoms with Gasteiger partial charge >= 0.3 is 0 Å². The second kappa shape index (κ2) is 4.60. The first-order chi connectivity index (χ1) is 6.60. The van der Waals surface area contributed by atoms with Gasteiger partial charge in [0.25, 0.3) is 0 Å². The van der Waals surface area contributed by atoms with E-state index in [9.17, 15) is 0 Å². The fourth-order valence-electron chi connectivity index (χ4n) is 1.52. The van der Waals surface area contributed by atoms with E-state index in [1.165, 1.54) is 5.69 Å². The Hall–Kier alpha value is -0.830. The smallest absolute Gasteiger partial charge is 0.0794 e. The average Bonchev–Trinajstić information content (AvgIpc) is 2.60. The first-order valence-corrected chi connectivity index (χ1v) is 5.35. The van der Waals surface area contributed by atoms with Gasteiger partial charge in [-0.3, -0.25) is 4.68 Å². The summed E-state index contributed by atoms with van der Waals surface area (Å²) in [5.74, 6) is 0. The summed E-state index contributed by atoms with van der Waals surface area (Å²) >= 11 is 0. The Morgan fingerprint density at radius 1 is 1.43 bits per heavy atom. The molecule has 14 heavy (non-hydrogen) atoms. The van der Waals surface area contributed by atoms with Crippen molar-refractivity contribution in [3.63, 3.8) is 0 Å². The minimum Gasteiger partial charge on any atom is -0.312 e. The fraction of sp³-hybridized carbons (Fsp3) is 0.727. The molecule has 0 fully saturated rings. The van der Waals surface area contributed by atoms with Crippen LogP contribution in [0.25, 0.3) is 0 Å². The zero-order chi connectivity index (χ0) is 10.7. The molecule has 1 N–H and O–H groups in total. The van der Waals surface area contributed by atoms with Crippen molar-refractivity contribution in [1.82, 2.24) is 15.1 Å². The Morgan fingerprint density at radius 2 is 2.07 bits per heavy atom. The lowest BCUT2D eigenvalue weighted by molar-refractivity contribution is 0.496. The molecule has 0 radical (unpaired) electrons. The van der Waals surface area contributed by atoms with Crippen LogP contribution in [0, 0.1) is 0 Å². The van der Waals surface area contributed by atoms with Gasteiger partial charge in [-0.25, -0.2) is 0 Å². The molecule has 0 saturated heterocycles. The van der Waals surface area contributed by atoms with Crippen LogP contribution in [0.3, 0.4) is 0 Å². The van der Waals surface area contributed by atoms with Crippen molar-refractivity contribution in [2.75, 3.05) is 7.05 Å². The van der Waals surface area contributed by atoms with E-state index in [1.807, 2.05) is 7.05 Å². The Balaban J connectivity index is 3.00. The van der Waals surface area contributed by atoms with Gasteiger partial charge < -0.3 is 5.32 Å². The van der Waals surface area contributed by atoms with Gasteiger partial charge in [-0.2, -0.15) is 5.10 Å². The lowest BCUT2D eigenvalue weighted by Gasteiger charge is -2.09. The third kappa shape index (κ3) is 2.15. The molecule has 0 spiro atoms. The van der Waals surface area contributed by atoms with E-state index < -0.39 is 0 Å². The summed E-state index contributed by atoms with van der Waals surface area (Å²) in [6, 6.07) is 2.98. The largest absolute Gasteiger partial charge is 0.312 e. The maximum Gasteiger partial charge on any atom is 0.0794 e. The van der Waals surface area contributed by atoms with Crippen LogP contribution in [0.1, 0.15) is 51.2 Å². The summed E-state index contributed by atoms with van der Waals surface area (Å²) in [5.41, 5.74) is 2.45. The lowest BCUT2D eigenvalue weighted by Crippen LogP contribution is -2.14. The number of aryl methyl sites for hydroxylation is 1. The Bertz CT molecular complexity index is 289. The van der Waals surface area contributed by atoms with E-state index in [0.29, 0.717) is 12.1 Å². The van der Waals surface area contributed by atoms with Gasteiger partial charge in [0.15, 0.2) is 0 Å². The molecule has 0 amide bonds. The van der Waals surface area contributed by atoms with Crippen molar-refractivity contribution in [2.24, 2.45) is 0 Å². The molecule has 0 aromatic carbocycles. The first kappa shape index (κ1) is 11.2. The van der Waals surface area contributed by atoms with Gasteiger partial charge in [-0.1, -0.05) is 6.92 Å². The summed E-state index contributed by atoms with van der Waals surface area (Å²) in [5, 5.41) is 7.81. The number of hydrogen-bond acceptors (Lipinski definition) is 2. The number of rotatable bonds is 4. The molecule has 0 aliphatic rings. The molecule has 3 heteroatoms. The molecular formula is C11H21N3. The topological polar surface area (TPSA) is 29.9 Å². The molecule has 1 rings (SSSR count). The summed E-state index contributed by atoms with van der Waals surface area (Å²) < 4.78 is 2.11. The van der Waals surface area contributed by atoms with E-state index in [0.717, 1.165) is 12.1 Å². The molecule has 0 aliphatic heterocycles. The number of nitrogens with one attached hydrogen (secondary N) is 1. The second-order valence-electron chi connectivity index (χ2n) is 3.96. The van der Waals surface area contributed by atoms with Crippen LogP contribution in [-0.4, -0.2) is 16.8 Å². The molecule has 3 nitrogen and oxygen atoms in total. The Labute approximate surface area is 86.5 Å². The highest BCUT2D eigenvalue weighted by Gasteiger charge is 2.12. The van der Waals surface area contributed by atoms with Gasteiger partial charge in [-0.15, -0.1) is 0 Å². The molecule has 1 heterocycles. The molecule has 0 bridgehead atoms. The molecule has 80 valence electrons. The van der Waals surface area contributed by atoms with E-state index in [2.05, 4.69) is 48.9 Å². The predicted molar refractivity (Wildman–Crippen MR) is 59.5 cm³/mol. The molecule has 1 unspecified atom stereocenters. The molecule has 1 aromatic rings.